The third-order valence-corrected chi connectivity index (χ3v) is 4.32. The molecule has 2 aromatic carbocycles. The first-order valence-electron chi connectivity index (χ1n) is 8.09. The van der Waals surface area contributed by atoms with Gasteiger partial charge in [-0.25, -0.2) is 4.79 Å². The minimum atomic E-state index is -4.45. The Bertz CT molecular complexity index is 1270. The van der Waals surface area contributed by atoms with Crippen molar-refractivity contribution in [3.05, 3.63) is 70.0 Å². The van der Waals surface area contributed by atoms with Crippen LogP contribution in [-0.4, -0.2) is 21.0 Å². The molecule has 0 amide bonds. The van der Waals surface area contributed by atoms with Crippen molar-refractivity contribution in [2.45, 2.75) is 6.18 Å². The molecule has 0 radical (unpaired) electrons. The van der Waals surface area contributed by atoms with Crippen LogP contribution in [0.2, 0.25) is 0 Å². The fourth-order valence-electron chi connectivity index (χ4n) is 3.02. The Hall–Kier alpha value is -3.75. The Balaban J connectivity index is 1.86. The summed E-state index contributed by atoms with van der Waals surface area (Å²) in [5, 5.41) is 13.5. The first-order valence-corrected chi connectivity index (χ1v) is 8.09. The molecule has 0 aliphatic rings. The summed E-state index contributed by atoms with van der Waals surface area (Å²) in [6, 6.07) is 10.1. The number of carboxylic acids is 1. The number of aromatic amines is 2. The highest BCUT2D eigenvalue weighted by Crippen LogP contribution is 2.33. The van der Waals surface area contributed by atoms with Crippen molar-refractivity contribution in [3.8, 4) is 0 Å². The second-order valence-electron chi connectivity index (χ2n) is 6.18. The maximum Gasteiger partial charge on any atom is 0.416 e. The van der Waals surface area contributed by atoms with E-state index in [0.717, 1.165) is 12.1 Å². The quantitative estimate of drug-likeness (QED) is 0.417. The van der Waals surface area contributed by atoms with Crippen LogP contribution in [0.4, 0.5) is 24.7 Å². The van der Waals surface area contributed by atoms with Crippen LogP contribution in [0.15, 0.2) is 53.3 Å². The topological polar surface area (TPSA) is 98.0 Å². The van der Waals surface area contributed by atoms with E-state index in [1.807, 2.05) is 0 Å². The Morgan fingerprint density at radius 1 is 0.964 bits per heavy atom. The number of anilines is 2. The molecule has 9 heteroatoms. The molecule has 28 heavy (non-hydrogen) atoms. The molecule has 2 heterocycles. The summed E-state index contributed by atoms with van der Waals surface area (Å²) in [5.41, 5.74) is 0.225. The van der Waals surface area contributed by atoms with E-state index in [1.165, 1.54) is 30.3 Å². The Morgan fingerprint density at radius 3 is 2.32 bits per heavy atom. The summed E-state index contributed by atoms with van der Waals surface area (Å²) in [4.78, 5) is 28.8. The number of nitrogens with one attached hydrogen (secondary N) is 3. The van der Waals surface area contributed by atoms with Gasteiger partial charge in [0.25, 0.3) is 0 Å². The number of hydrogen-bond acceptors (Lipinski definition) is 3. The van der Waals surface area contributed by atoms with Crippen LogP contribution >= 0.6 is 0 Å². The van der Waals surface area contributed by atoms with E-state index in [-0.39, 0.29) is 16.9 Å². The van der Waals surface area contributed by atoms with Crippen LogP contribution in [0.5, 0.6) is 0 Å². The van der Waals surface area contributed by atoms with Crippen molar-refractivity contribution in [1.29, 1.82) is 0 Å². The highest BCUT2D eigenvalue weighted by Gasteiger charge is 2.30. The number of halogens is 3. The van der Waals surface area contributed by atoms with Gasteiger partial charge >= 0.3 is 12.1 Å². The molecule has 4 N–H and O–H groups in total. The van der Waals surface area contributed by atoms with Crippen LogP contribution in [0.1, 0.15) is 16.1 Å². The standard InChI is InChI=1S/C19H12F3N3O3/c20-19(21,22)9-1-3-10(4-2-9)23-17-16-13(8-15(25-17)18(27)28)12-6-5-11(26)7-14(12)24-16/h1-8,23-25H,(H,27,28). The van der Waals surface area contributed by atoms with Crippen molar-refractivity contribution >= 4 is 39.3 Å². The summed E-state index contributed by atoms with van der Waals surface area (Å²) >= 11 is 0. The van der Waals surface area contributed by atoms with E-state index in [2.05, 4.69) is 15.3 Å². The molecule has 2 aromatic heterocycles. The van der Waals surface area contributed by atoms with E-state index in [0.29, 0.717) is 27.5 Å². The lowest BCUT2D eigenvalue weighted by Gasteiger charge is -2.11. The number of benzene rings is 2. The lowest BCUT2D eigenvalue weighted by Crippen LogP contribution is -2.06. The van der Waals surface area contributed by atoms with Crippen LogP contribution in [0.3, 0.4) is 0 Å². The van der Waals surface area contributed by atoms with Gasteiger partial charge in [-0.3, -0.25) is 4.79 Å². The molecule has 0 spiro atoms. The SMILES string of the molecule is O=C(O)c1cc2c([nH]c3cc(=O)ccc32)c(Nc2ccc(C(F)(F)F)cc2)[nH]1. The van der Waals surface area contributed by atoms with Gasteiger partial charge in [0.2, 0.25) is 0 Å². The average molecular weight is 387 g/mol. The van der Waals surface area contributed by atoms with Gasteiger partial charge in [0.05, 0.1) is 16.6 Å². The molecule has 0 atom stereocenters. The van der Waals surface area contributed by atoms with Gasteiger partial charge in [0, 0.05) is 22.5 Å². The molecule has 4 aromatic rings. The van der Waals surface area contributed by atoms with Gasteiger partial charge in [-0.05, 0) is 42.5 Å². The highest BCUT2D eigenvalue weighted by molar-refractivity contribution is 6.12. The van der Waals surface area contributed by atoms with Gasteiger partial charge in [0.15, 0.2) is 5.43 Å². The van der Waals surface area contributed by atoms with Crippen molar-refractivity contribution in [1.82, 2.24) is 9.97 Å². The van der Waals surface area contributed by atoms with E-state index >= 15 is 0 Å². The first kappa shape index (κ1) is 17.7. The van der Waals surface area contributed by atoms with Gasteiger partial charge in [0.1, 0.15) is 11.5 Å². The number of fused-ring (bicyclic) bond motifs is 3. The molecule has 142 valence electrons. The summed E-state index contributed by atoms with van der Waals surface area (Å²) < 4.78 is 38.2. The molecule has 6 nitrogen and oxygen atoms in total. The average Bonchev–Trinajstić information content (AvgIpc) is 2.99. The Kier molecular flexibility index (Phi) is 3.88. The third kappa shape index (κ3) is 3.07. The fraction of sp³-hybridized carbons (Fsp3) is 0.0526. The monoisotopic (exact) mass is 387 g/mol. The first-order chi connectivity index (χ1) is 13.2. The number of alkyl halides is 3. The number of hydrogen-bond donors (Lipinski definition) is 4. The van der Waals surface area contributed by atoms with Crippen LogP contribution in [0, 0.1) is 0 Å². The van der Waals surface area contributed by atoms with Crippen LogP contribution < -0.4 is 10.7 Å². The highest BCUT2D eigenvalue weighted by atomic mass is 19.4. The summed E-state index contributed by atoms with van der Waals surface area (Å²) in [6.07, 6.45) is -4.45. The normalized spacial score (nSPS) is 11.8. The molecule has 0 fully saturated rings. The molecule has 0 saturated heterocycles. The molecular weight excluding hydrogens is 375 g/mol. The molecule has 0 aliphatic carbocycles. The van der Waals surface area contributed by atoms with Gasteiger partial charge in [-0.2, -0.15) is 13.2 Å². The van der Waals surface area contributed by atoms with Gasteiger partial charge < -0.3 is 20.4 Å². The lowest BCUT2D eigenvalue weighted by atomic mass is 10.1. The van der Waals surface area contributed by atoms with Crippen molar-refractivity contribution in [2.24, 2.45) is 0 Å². The third-order valence-electron chi connectivity index (χ3n) is 4.32. The number of H-pyrrole nitrogens is 2. The molecule has 4 rings (SSSR count). The van der Waals surface area contributed by atoms with Crippen LogP contribution in [-0.2, 0) is 6.18 Å². The van der Waals surface area contributed by atoms with E-state index < -0.39 is 17.7 Å². The number of aromatic carboxylic acids is 1. The smallest absolute Gasteiger partial charge is 0.416 e. The number of pyridine rings is 1. The second-order valence-corrected chi connectivity index (χ2v) is 6.18. The predicted octanol–water partition coefficient (Wildman–Crippen LogP) is 4.47. The molecule has 0 saturated carbocycles. The van der Waals surface area contributed by atoms with Crippen LogP contribution in [0.25, 0.3) is 21.8 Å². The molecule has 0 bridgehead atoms. The predicted molar refractivity (Wildman–Crippen MR) is 98.1 cm³/mol. The Morgan fingerprint density at radius 2 is 1.68 bits per heavy atom. The number of carbonyl (C=O) groups is 1. The maximum atomic E-state index is 12.7. The maximum absolute atomic E-state index is 12.7. The zero-order chi connectivity index (χ0) is 20.1. The minimum Gasteiger partial charge on any atom is -0.477 e. The van der Waals surface area contributed by atoms with E-state index in [1.54, 1.807) is 6.07 Å². The largest absolute Gasteiger partial charge is 0.477 e. The van der Waals surface area contributed by atoms with E-state index in [9.17, 15) is 27.9 Å². The lowest BCUT2D eigenvalue weighted by molar-refractivity contribution is -0.137. The molecular formula is C19H12F3N3O3. The summed E-state index contributed by atoms with van der Waals surface area (Å²) in [7, 11) is 0. The van der Waals surface area contributed by atoms with Gasteiger partial charge in [-0.1, -0.05) is 0 Å². The zero-order valence-electron chi connectivity index (χ0n) is 14.0. The number of carboxylic acid groups (broad SMARTS) is 1. The number of rotatable bonds is 3. The van der Waals surface area contributed by atoms with E-state index in [4.69, 9.17) is 0 Å². The fourth-order valence-corrected chi connectivity index (χ4v) is 3.02. The zero-order valence-corrected chi connectivity index (χ0v) is 14.0. The minimum absolute atomic E-state index is 0.117. The number of aromatic nitrogens is 2. The second kappa shape index (κ2) is 6.15. The molecule has 0 unspecified atom stereocenters. The Labute approximate surface area is 154 Å². The summed E-state index contributed by atoms with van der Waals surface area (Å²) in [5.74, 6) is -0.953. The van der Waals surface area contributed by atoms with Crippen molar-refractivity contribution in [3.63, 3.8) is 0 Å². The van der Waals surface area contributed by atoms with Crippen molar-refractivity contribution < 1.29 is 23.1 Å². The summed E-state index contributed by atoms with van der Waals surface area (Å²) in [6.45, 7) is 0. The van der Waals surface area contributed by atoms with Crippen molar-refractivity contribution in [2.75, 3.05) is 5.32 Å². The molecule has 0 aliphatic heterocycles. The van der Waals surface area contributed by atoms with Gasteiger partial charge in [-0.15, -0.1) is 0 Å².